The Morgan fingerprint density at radius 3 is 2.36 bits per heavy atom. The van der Waals surface area contributed by atoms with Gasteiger partial charge in [-0.05, 0) is 56.9 Å². The summed E-state index contributed by atoms with van der Waals surface area (Å²) >= 11 is 0. The van der Waals surface area contributed by atoms with Crippen LogP contribution in [-0.2, 0) is 6.54 Å². The molecule has 2 aromatic carbocycles. The van der Waals surface area contributed by atoms with E-state index in [-0.39, 0.29) is 11.7 Å². The van der Waals surface area contributed by atoms with E-state index in [2.05, 4.69) is 21.7 Å². The number of carbonyl (C=O) groups is 2. The number of fused-ring (bicyclic) bond motifs is 3. The monoisotopic (exact) mass is 484 g/mol. The third-order valence-electron chi connectivity index (χ3n) is 8.66. The summed E-state index contributed by atoms with van der Waals surface area (Å²) in [6, 6.07) is 17.0. The number of rotatable bonds is 10. The second-order valence-electron chi connectivity index (χ2n) is 11.0. The van der Waals surface area contributed by atoms with Crippen molar-refractivity contribution >= 4 is 22.5 Å². The molecule has 6 rings (SSSR count). The van der Waals surface area contributed by atoms with Crippen molar-refractivity contribution in [2.75, 3.05) is 13.7 Å². The number of piperidine rings is 1. The van der Waals surface area contributed by atoms with Crippen molar-refractivity contribution in [1.29, 1.82) is 0 Å². The number of ketones is 2. The zero-order valence-electron chi connectivity index (χ0n) is 21.2. The van der Waals surface area contributed by atoms with Crippen LogP contribution in [0.2, 0.25) is 0 Å². The second kappa shape index (κ2) is 9.85. The van der Waals surface area contributed by atoms with Gasteiger partial charge in [0.1, 0.15) is 5.75 Å². The van der Waals surface area contributed by atoms with Gasteiger partial charge in [-0.2, -0.15) is 0 Å². The lowest BCUT2D eigenvalue weighted by Gasteiger charge is -2.39. The molecule has 188 valence electrons. The molecular formula is C31H36N2O3. The number of hydrogen-bond donors (Lipinski definition) is 0. The molecule has 5 heteroatoms. The summed E-state index contributed by atoms with van der Waals surface area (Å²) in [6.07, 6.45) is 10.6. The minimum absolute atomic E-state index is 0.209. The molecule has 3 heterocycles. The highest BCUT2D eigenvalue weighted by Gasteiger charge is 2.40. The lowest BCUT2D eigenvalue weighted by Crippen LogP contribution is -2.43. The topological polar surface area (TPSA) is 51.5 Å². The number of ether oxygens (including phenoxy) is 1. The minimum Gasteiger partial charge on any atom is -0.495 e. The van der Waals surface area contributed by atoms with Crippen LogP contribution >= 0.6 is 0 Å². The molecule has 0 radical (unpaired) electrons. The van der Waals surface area contributed by atoms with Gasteiger partial charge in [0.05, 0.1) is 12.6 Å². The van der Waals surface area contributed by atoms with Crippen LogP contribution in [-0.4, -0.2) is 46.8 Å². The molecule has 1 aliphatic carbocycles. The van der Waals surface area contributed by atoms with E-state index in [1.165, 1.54) is 12.8 Å². The number of carbonyl (C=O) groups excluding carboxylic acids is 2. The van der Waals surface area contributed by atoms with Crippen molar-refractivity contribution in [1.82, 2.24) is 9.47 Å². The number of benzene rings is 2. The average Bonchev–Trinajstić information content (AvgIpc) is 3.65. The van der Waals surface area contributed by atoms with Crippen LogP contribution in [0, 0.1) is 11.8 Å². The van der Waals surface area contributed by atoms with Crippen molar-refractivity contribution in [2.24, 2.45) is 11.8 Å². The van der Waals surface area contributed by atoms with Crippen LogP contribution in [0.4, 0.5) is 0 Å². The van der Waals surface area contributed by atoms with Gasteiger partial charge < -0.3 is 9.30 Å². The maximum Gasteiger partial charge on any atom is 0.168 e. The summed E-state index contributed by atoms with van der Waals surface area (Å²) in [7, 11) is 1.71. The SMILES string of the molecule is COc1cccc2c(C(=O)C3CC3)cn(CCCN3C4CCC3CC(CC(=O)c3ccccc3)C4)c12. The van der Waals surface area contributed by atoms with Gasteiger partial charge in [0, 0.05) is 60.2 Å². The van der Waals surface area contributed by atoms with E-state index < -0.39 is 0 Å². The molecule has 36 heavy (non-hydrogen) atoms. The van der Waals surface area contributed by atoms with Crippen LogP contribution in [0.15, 0.2) is 54.7 Å². The summed E-state index contributed by atoms with van der Waals surface area (Å²) < 4.78 is 7.93. The fourth-order valence-corrected chi connectivity index (χ4v) is 6.78. The molecule has 3 aliphatic rings. The van der Waals surface area contributed by atoms with Crippen molar-refractivity contribution in [3.8, 4) is 5.75 Å². The van der Waals surface area contributed by atoms with Crippen molar-refractivity contribution in [3.05, 3.63) is 65.9 Å². The number of Topliss-reactive ketones (excluding diaryl/α,β-unsaturated/α-hetero) is 2. The second-order valence-corrected chi connectivity index (χ2v) is 11.0. The number of hydrogen-bond acceptors (Lipinski definition) is 4. The Bertz CT molecular complexity index is 1250. The minimum atomic E-state index is 0.209. The van der Waals surface area contributed by atoms with Crippen LogP contribution in [0.25, 0.3) is 10.9 Å². The number of aromatic nitrogens is 1. The Kier molecular flexibility index (Phi) is 6.43. The summed E-state index contributed by atoms with van der Waals surface area (Å²) in [6.45, 7) is 1.94. The Morgan fingerprint density at radius 2 is 1.67 bits per heavy atom. The average molecular weight is 485 g/mol. The molecule has 2 saturated heterocycles. The van der Waals surface area contributed by atoms with E-state index in [0.717, 1.165) is 73.0 Å². The molecule has 1 aromatic heterocycles. The van der Waals surface area contributed by atoms with Crippen molar-refractivity contribution in [3.63, 3.8) is 0 Å². The Balaban J connectivity index is 1.10. The van der Waals surface area contributed by atoms with Gasteiger partial charge in [-0.15, -0.1) is 0 Å². The Labute approximate surface area is 213 Å². The van der Waals surface area contributed by atoms with Gasteiger partial charge >= 0.3 is 0 Å². The maximum atomic E-state index is 13.0. The highest BCUT2D eigenvalue weighted by molar-refractivity contribution is 6.11. The van der Waals surface area contributed by atoms with Crippen LogP contribution in [0.3, 0.4) is 0 Å². The number of methoxy groups -OCH3 is 1. The first-order chi connectivity index (χ1) is 17.6. The first-order valence-electron chi connectivity index (χ1n) is 13.7. The quantitative estimate of drug-likeness (QED) is 0.324. The molecule has 2 bridgehead atoms. The van der Waals surface area contributed by atoms with E-state index in [1.54, 1.807) is 7.11 Å². The highest BCUT2D eigenvalue weighted by atomic mass is 16.5. The predicted octanol–water partition coefficient (Wildman–Crippen LogP) is 6.15. The molecule has 2 unspecified atom stereocenters. The molecule has 2 atom stereocenters. The number of nitrogens with zero attached hydrogens (tertiary/aromatic N) is 2. The van der Waals surface area contributed by atoms with Gasteiger partial charge in [0.15, 0.2) is 11.6 Å². The van der Waals surface area contributed by atoms with E-state index in [9.17, 15) is 9.59 Å². The zero-order chi connectivity index (χ0) is 24.6. The Hall–Kier alpha value is -2.92. The van der Waals surface area contributed by atoms with E-state index in [0.29, 0.717) is 30.2 Å². The van der Waals surface area contributed by atoms with Crippen molar-refractivity contribution in [2.45, 2.75) is 70.0 Å². The van der Waals surface area contributed by atoms with E-state index in [1.807, 2.05) is 42.5 Å². The summed E-state index contributed by atoms with van der Waals surface area (Å²) in [5.74, 6) is 2.13. The highest BCUT2D eigenvalue weighted by Crippen LogP contribution is 2.41. The lowest BCUT2D eigenvalue weighted by molar-refractivity contribution is 0.0807. The molecular weight excluding hydrogens is 448 g/mol. The summed E-state index contributed by atoms with van der Waals surface area (Å²) in [5, 5.41) is 1.02. The van der Waals surface area contributed by atoms with Gasteiger partial charge in [-0.25, -0.2) is 0 Å². The first-order valence-corrected chi connectivity index (χ1v) is 13.7. The van der Waals surface area contributed by atoms with Gasteiger partial charge in [-0.3, -0.25) is 14.5 Å². The molecule has 2 aliphatic heterocycles. The van der Waals surface area contributed by atoms with Gasteiger partial charge in [0.25, 0.3) is 0 Å². The Morgan fingerprint density at radius 1 is 0.917 bits per heavy atom. The number of aryl methyl sites for hydroxylation is 1. The molecule has 1 saturated carbocycles. The van der Waals surface area contributed by atoms with Crippen molar-refractivity contribution < 1.29 is 14.3 Å². The molecule has 0 N–H and O–H groups in total. The fraction of sp³-hybridized carbons (Fsp3) is 0.484. The molecule has 3 fully saturated rings. The fourth-order valence-electron chi connectivity index (χ4n) is 6.78. The van der Waals surface area contributed by atoms with Crippen LogP contribution < -0.4 is 4.74 Å². The summed E-state index contributed by atoms with van der Waals surface area (Å²) in [5.41, 5.74) is 2.75. The normalized spacial score (nSPS) is 23.8. The third-order valence-corrected chi connectivity index (χ3v) is 8.66. The van der Waals surface area contributed by atoms with E-state index >= 15 is 0 Å². The maximum absolute atomic E-state index is 13.0. The smallest absolute Gasteiger partial charge is 0.168 e. The zero-order valence-corrected chi connectivity index (χ0v) is 21.2. The molecule has 0 amide bonds. The van der Waals surface area contributed by atoms with E-state index in [4.69, 9.17) is 4.74 Å². The third kappa shape index (κ3) is 4.50. The molecule has 0 spiro atoms. The molecule has 5 nitrogen and oxygen atoms in total. The van der Waals surface area contributed by atoms with Gasteiger partial charge in [0.2, 0.25) is 0 Å². The number of para-hydroxylation sites is 1. The van der Waals surface area contributed by atoms with Gasteiger partial charge in [-0.1, -0.05) is 42.5 Å². The standard InChI is InChI=1S/C31H36N2O3/c1-36-29-10-5-9-26-27(31(35)23-11-12-23)20-32(30(26)29)15-6-16-33-24-13-14-25(33)18-21(17-24)19-28(34)22-7-3-2-4-8-22/h2-5,7-10,20-21,23-25H,6,11-19H2,1H3. The van der Waals surface area contributed by atoms with Crippen LogP contribution in [0.1, 0.15) is 72.1 Å². The first kappa shape index (κ1) is 23.5. The largest absolute Gasteiger partial charge is 0.495 e. The molecule has 3 aromatic rings. The lowest BCUT2D eigenvalue weighted by atomic mass is 9.85. The summed E-state index contributed by atoms with van der Waals surface area (Å²) in [4.78, 5) is 28.4. The van der Waals surface area contributed by atoms with Crippen LogP contribution in [0.5, 0.6) is 5.75 Å². The predicted molar refractivity (Wildman–Crippen MR) is 142 cm³/mol.